The first-order valence-corrected chi connectivity index (χ1v) is 5.68. The van der Waals surface area contributed by atoms with Gasteiger partial charge in [0.1, 0.15) is 0 Å². The maximum absolute atomic E-state index is 12.6. The van der Waals surface area contributed by atoms with Crippen LogP contribution in [0.15, 0.2) is 18.2 Å². The van der Waals surface area contributed by atoms with Crippen molar-refractivity contribution in [1.82, 2.24) is 0 Å². The molecule has 0 bridgehead atoms. The molecular weight excluding hydrogens is 245 g/mol. The van der Waals surface area contributed by atoms with Crippen molar-refractivity contribution in [2.75, 3.05) is 7.11 Å². The number of benzene rings is 1. The van der Waals surface area contributed by atoms with Gasteiger partial charge in [0.2, 0.25) is 0 Å². The van der Waals surface area contributed by atoms with E-state index in [0.29, 0.717) is 24.8 Å². The number of alkyl halides is 3. The van der Waals surface area contributed by atoms with E-state index in [9.17, 15) is 18.0 Å². The Morgan fingerprint density at radius 2 is 2.06 bits per heavy atom. The van der Waals surface area contributed by atoms with Crippen LogP contribution < -0.4 is 0 Å². The highest BCUT2D eigenvalue weighted by molar-refractivity contribution is 5.73. The summed E-state index contributed by atoms with van der Waals surface area (Å²) in [6.45, 7) is 0. The van der Waals surface area contributed by atoms with Crippen LogP contribution in [-0.4, -0.2) is 13.1 Å². The van der Waals surface area contributed by atoms with E-state index in [2.05, 4.69) is 4.74 Å². The third-order valence-corrected chi connectivity index (χ3v) is 3.30. The fourth-order valence-electron chi connectivity index (χ4n) is 2.30. The topological polar surface area (TPSA) is 26.3 Å². The molecule has 0 aromatic heterocycles. The van der Waals surface area contributed by atoms with Crippen molar-refractivity contribution in [1.29, 1.82) is 0 Å². The van der Waals surface area contributed by atoms with Gasteiger partial charge in [0.05, 0.1) is 18.6 Å². The average molecular weight is 258 g/mol. The molecule has 1 unspecified atom stereocenters. The zero-order valence-electron chi connectivity index (χ0n) is 9.88. The Labute approximate surface area is 103 Å². The fourth-order valence-corrected chi connectivity index (χ4v) is 2.30. The number of fused-ring (bicyclic) bond motifs is 1. The third-order valence-electron chi connectivity index (χ3n) is 3.30. The number of hydrogen-bond donors (Lipinski definition) is 0. The Balaban J connectivity index is 2.27. The number of halogens is 3. The molecular formula is C13H13F3O2. The van der Waals surface area contributed by atoms with Gasteiger partial charge in [0, 0.05) is 0 Å². The van der Waals surface area contributed by atoms with Gasteiger partial charge in [-0.2, -0.15) is 13.2 Å². The number of aryl methyl sites for hydroxylation is 1. The summed E-state index contributed by atoms with van der Waals surface area (Å²) in [6, 6.07) is 3.74. The maximum atomic E-state index is 12.6. The molecule has 18 heavy (non-hydrogen) atoms. The van der Waals surface area contributed by atoms with Crippen molar-refractivity contribution in [3.63, 3.8) is 0 Å². The van der Waals surface area contributed by atoms with Gasteiger partial charge >= 0.3 is 12.1 Å². The highest BCUT2D eigenvalue weighted by atomic mass is 19.4. The Bertz CT molecular complexity index is 466. The van der Waals surface area contributed by atoms with Crippen molar-refractivity contribution in [3.05, 3.63) is 34.9 Å². The predicted molar refractivity (Wildman–Crippen MR) is 59.0 cm³/mol. The van der Waals surface area contributed by atoms with Crippen LogP contribution in [0.2, 0.25) is 0 Å². The predicted octanol–water partition coefficient (Wildman–Crippen LogP) is 2.98. The molecule has 2 nitrogen and oxygen atoms in total. The van der Waals surface area contributed by atoms with Gasteiger partial charge in [0.25, 0.3) is 0 Å². The van der Waals surface area contributed by atoms with Crippen LogP contribution >= 0.6 is 0 Å². The second kappa shape index (κ2) is 4.63. The second-order valence-corrected chi connectivity index (χ2v) is 4.44. The zero-order valence-corrected chi connectivity index (χ0v) is 9.88. The standard InChI is InChI=1S/C13H13F3O2/c1-18-12(17)9-3-2-8-4-5-11(13(14,15)16)7-10(8)6-9/h4-5,7,9H,2-3,6H2,1H3. The largest absolute Gasteiger partial charge is 0.469 e. The molecule has 1 aliphatic carbocycles. The van der Waals surface area contributed by atoms with Gasteiger partial charge in [-0.3, -0.25) is 4.79 Å². The summed E-state index contributed by atoms with van der Waals surface area (Å²) in [5, 5.41) is 0. The van der Waals surface area contributed by atoms with Crippen LogP contribution in [0, 0.1) is 5.92 Å². The lowest BCUT2D eigenvalue weighted by Gasteiger charge is -2.23. The van der Waals surface area contributed by atoms with Gasteiger partial charge in [-0.05, 0) is 42.5 Å². The number of ether oxygens (including phenoxy) is 1. The number of esters is 1. The summed E-state index contributed by atoms with van der Waals surface area (Å²) in [4.78, 5) is 11.4. The van der Waals surface area contributed by atoms with Crippen LogP contribution in [0.25, 0.3) is 0 Å². The zero-order chi connectivity index (χ0) is 13.3. The van der Waals surface area contributed by atoms with Crippen molar-refractivity contribution in [2.45, 2.75) is 25.4 Å². The summed E-state index contributed by atoms with van der Waals surface area (Å²) < 4.78 is 42.4. The van der Waals surface area contributed by atoms with E-state index in [1.807, 2.05) is 0 Å². The molecule has 1 aromatic carbocycles. The molecule has 98 valence electrons. The minimum Gasteiger partial charge on any atom is -0.469 e. The molecule has 0 aliphatic heterocycles. The highest BCUT2D eigenvalue weighted by Gasteiger charge is 2.32. The second-order valence-electron chi connectivity index (χ2n) is 4.44. The lowest BCUT2D eigenvalue weighted by molar-refractivity contribution is -0.145. The average Bonchev–Trinajstić information content (AvgIpc) is 2.35. The van der Waals surface area contributed by atoms with Crippen LogP contribution in [0.1, 0.15) is 23.1 Å². The number of hydrogen-bond acceptors (Lipinski definition) is 2. The minimum atomic E-state index is -4.34. The third kappa shape index (κ3) is 2.49. The molecule has 0 radical (unpaired) electrons. The van der Waals surface area contributed by atoms with E-state index < -0.39 is 11.7 Å². The molecule has 5 heteroatoms. The summed E-state index contributed by atoms with van der Waals surface area (Å²) in [5.41, 5.74) is 0.835. The normalized spacial score (nSPS) is 19.2. The van der Waals surface area contributed by atoms with E-state index in [0.717, 1.165) is 17.7 Å². The number of carbonyl (C=O) groups is 1. The van der Waals surface area contributed by atoms with Gasteiger partial charge in [-0.1, -0.05) is 6.07 Å². The summed E-state index contributed by atoms with van der Waals surface area (Å²) in [7, 11) is 1.30. The van der Waals surface area contributed by atoms with E-state index in [1.165, 1.54) is 13.2 Å². The van der Waals surface area contributed by atoms with Gasteiger partial charge in [-0.15, -0.1) is 0 Å². The van der Waals surface area contributed by atoms with Crippen molar-refractivity contribution >= 4 is 5.97 Å². The first-order chi connectivity index (χ1) is 8.41. The summed E-state index contributed by atoms with van der Waals surface area (Å²) in [6.07, 6.45) is -2.77. The maximum Gasteiger partial charge on any atom is 0.416 e. The van der Waals surface area contributed by atoms with Crippen molar-refractivity contribution in [2.24, 2.45) is 5.92 Å². The van der Waals surface area contributed by atoms with Crippen LogP contribution in [0.5, 0.6) is 0 Å². The number of methoxy groups -OCH3 is 1. The first-order valence-electron chi connectivity index (χ1n) is 5.68. The minimum absolute atomic E-state index is 0.325. The molecule has 1 aliphatic rings. The SMILES string of the molecule is COC(=O)C1CCc2ccc(C(F)(F)F)cc2C1. The van der Waals surface area contributed by atoms with Gasteiger partial charge in [0.15, 0.2) is 0 Å². The molecule has 0 amide bonds. The summed E-state index contributed by atoms with van der Waals surface area (Å²) in [5.74, 6) is -0.677. The molecule has 1 aromatic rings. The highest BCUT2D eigenvalue weighted by Crippen LogP contribution is 2.34. The number of carbonyl (C=O) groups excluding carboxylic acids is 1. The smallest absolute Gasteiger partial charge is 0.416 e. The molecule has 0 fully saturated rings. The molecule has 0 heterocycles. The lowest BCUT2D eigenvalue weighted by Crippen LogP contribution is -2.24. The first kappa shape index (κ1) is 12.9. The van der Waals surface area contributed by atoms with Crippen LogP contribution in [-0.2, 0) is 28.5 Å². The fraction of sp³-hybridized carbons (Fsp3) is 0.462. The summed E-state index contributed by atoms with van der Waals surface area (Å²) >= 11 is 0. The van der Waals surface area contributed by atoms with Crippen LogP contribution in [0.4, 0.5) is 13.2 Å². The van der Waals surface area contributed by atoms with Crippen molar-refractivity contribution in [3.8, 4) is 0 Å². The lowest BCUT2D eigenvalue weighted by atomic mass is 9.83. The molecule has 0 saturated carbocycles. The van der Waals surface area contributed by atoms with E-state index in [4.69, 9.17) is 0 Å². The van der Waals surface area contributed by atoms with E-state index >= 15 is 0 Å². The Hall–Kier alpha value is -1.52. The Kier molecular flexibility index (Phi) is 3.32. The molecule has 0 N–H and O–H groups in total. The Morgan fingerprint density at radius 1 is 1.33 bits per heavy atom. The number of rotatable bonds is 1. The Morgan fingerprint density at radius 3 is 2.67 bits per heavy atom. The van der Waals surface area contributed by atoms with Crippen LogP contribution in [0.3, 0.4) is 0 Å². The molecule has 2 rings (SSSR count). The molecule has 0 saturated heterocycles. The van der Waals surface area contributed by atoms with Crippen molar-refractivity contribution < 1.29 is 22.7 Å². The van der Waals surface area contributed by atoms with E-state index in [-0.39, 0.29) is 11.9 Å². The van der Waals surface area contributed by atoms with E-state index in [1.54, 1.807) is 0 Å². The van der Waals surface area contributed by atoms with Gasteiger partial charge < -0.3 is 4.74 Å². The molecule has 0 spiro atoms. The quantitative estimate of drug-likeness (QED) is 0.724. The monoisotopic (exact) mass is 258 g/mol. The van der Waals surface area contributed by atoms with Gasteiger partial charge in [-0.25, -0.2) is 0 Å². The molecule has 1 atom stereocenters.